The molecule has 4 aromatic rings. The van der Waals surface area contributed by atoms with Crippen LogP contribution in [-0.2, 0) is 6.42 Å². The van der Waals surface area contributed by atoms with Crippen molar-refractivity contribution in [1.29, 1.82) is 0 Å². The molecule has 0 saturated heterocycles. The quantitative estimate of drug-likeness (QED) is 0.543. The molecule has 8 heteroatoms. The van der Waals surface area contributed by atoms with Crippen molar-refractivity contribution in [1.82, 2.24) is 19.6 Å². The molecular formula is C18H15N5O2S. The van der Waals surface area contributed by atoms with Gasteiger partial charge in [-0.15, -0.1) is 0 Å². The number of hydrogen-bond donors (Lipinski definition) is 1. The molecule has 0 fully saturated rings. The van der Waals surface area contributed by atoms with Crippen LogP contribution in [0.4, 0.5) is 5.69 Å². The van der Waals surface area contributed by atoms with Crippen molar-refractivity contribution in [2.24, 2.45) is 0 Å². The molecule has 1 amide bonds. The third-order valence-corrected chi connectivity index (χ3v) is 4.72. The largest absolute Gasteiger partial charge is 0.459 e. The number of furan rings is 1. The lowest BCUT2D eigenvalue weighted by Crippen LogP contribution is -2.10. The van der Waals surface area contributed by atoms with Gasteiger partial charge in [-0.1, -0.05) is 18.7 Å². The molecule has 0 aliphatic carbocycles. The smallest absolute Gasteiger partial charge is 0.291 e. The van der Waals surface area contributed by atoms with Gasteiger partial charge in [0.25, 0.3) is 11.7 Å². The maximum absolute atomic E-state index is 12.0. The Bertz CT molecular complexity index is 1040. The third kappa shape index (κ3) is 3.31. The number of aryl methyl sites for hydroxylation is 1. The van der Waals surface area contributed by atoms with E-state index in [0.717, 1.165) is 22.0 Å². The standard InChI is InChI=1S/C18H15N5O2S/c1-2-12-10-16(23-18(22-12)19-11-20-23)26-14-7-5-13(6-8-14)21-17(24)15-4-3-9-25-15/h3-11H,2H2,1H3,(H,21,24). The summed E-state index contributed by atoms with van der Waals surface area (Å²) in [6.45, 7) is 2.06. The van der Waals surface area contributed by atoms with Crippen LogP contribution in [0.5, 0.6) is 0 Å². The number of amides is 1. The highest BCUT2D eigenvalue weighted by Gasteiger charge is 2.10. The molecule has 0 bridgehead atoms. The molecule has 1 aromatic carbocycles. The van der Waals surface area contributed by atoms with Crippen LogP contribution < -0.4 is 5.32 Å². The second-order valence-electron chi connectivity index (χ2n) is 5.47. The molecule has 3 heterocycles. The van der Waals surface area contributed by atoms with Gasteiger partial charge in [-0.25, -0.2) is 4.98 Å². The summed E-state index contributed by atoms with van der Waals surface area (Å²) in [4.78, 5) is 21.6. The van der Waals surface area contributed by atoms with Crippen molar-refractivity contribution < 1.29 is 9.21 Å². The fourth-order valence-electron chi connectivity index (χ4n) is 2.41. The van der Waals surface area contributed by atoms with Crippen molar-refractivity contribution in [3.05, 3.63) is 66.5 Å². The molecule has 7 nitrogen and oxygen atoms in total. The molecule has 4 rings (SSSR count). The molecule has 0 saturated carbocycles. The summed E-state index contributed by atoms with van der Waals surface area (Å²) in [5.41, 5.74) is 1.67. The number of aromatic nitrogens is 4. The van der Waals surface area contributed by atoms with Gasteiger partial charge in [0.05, 0.1) is 6.26 Å². The summed E-state index contributed by atoms with van der Waals surface area (Å²) in [6, 6.07) is 12.9. The fraction of sp³-hybridized carbons (Fsp3) is 0.111. The van der Waals surface area contributed by atoms with Crippen molar-refractivity contribution >= 4 is 29.1 Å². The first-order valence-corrected chi connectivity index (χ1v) is 8.87. The van der Waals surface area contributed by atoms with E-state index in [1.54, 1.807) is 28.4 Å². The Morgan fingerprint density at radius 2 is 2.12 bits per heavy atom. The van der Waals surface area contributed by atoms with Crippen LogP contribution in [0.1, 0.15) is 23.2 Å². The van der Waals surface area contributed by atoms with Gasteiger partial charge in [0.15, 0.2) is 5.76 Å². The molecule has 0 spiro atoms. The van der Waals surface area contributed by atoms with Gasteiger partial charge in [-0.3, -0.25) is 4.79 Å². The molecular weight excluding hydrogens is 350 g/mol. The van der Waals surface area contributed by atoms with Crippen LogP contribution >= 0.6 is 11.8 Å². The molecule has 0 aliphatic heterocycles. The highest BCUT2D eigenvalue weighted by Crippen LogP contribution is 2.29. The van der Waals surface area contributed by atoms with Crippen molar-refractivity contribution in [3.8, 4) is 0 Å². The first-order valence-electron chi connectivity index (χ1n) is 8.05. The molecule has 26 heavy (non-hydrogen) atoms. The minimum atomic E-state index is -0.276. The molecule has 0 unspecified atom stereocenters. The number of benzene rings is 1. The zero-order valence-electron chi connectivity index (χ0n) is 13.9. The minimum absolute atomic E-state index is 0.276. The molecule has 3 aromatic heterocycles. The van der Waals surface area contributed by atoms with Crippen LogP contribution in [0.25, 0.3) is 5.78 Å². The van der Waals surface area contributed by atoms with Gasteiger partial charge >= 0.3 is 0 Å². The zero-order valence-corrected chi connectivity index (χ0v) is 14.7. The SMILES string of the molecule is CCc1cc(Sc2ccc(NC(=O)c3ccco3)cc2)n2ncnc2n1. The van der Waals surface area contributed by atoms with Gasteiger partial charge < -0.3 is 9.73 Å². The normalized spacial score (nSPS) is 11.0. The van der Waals surface area contributed by atoms with E-state index < -0.39 is 0 Å². The van der Waals surface area contributed by atoms with E-state index in [1.165, 1.54) is 12.6 Å². The number of anilines is 1. The predicted molar refractivity (Wildman–Crippen MR) is 97.4 cm³/mol. The summed E-state index contributed by atoms with van der Waals surface area (Å²) in [5.74, 6) is 0.594. The Labute approximate surface area is 153 Å². The van der Waals surface area contributed by atoms with Crippen LogP contribution in [0.15, 0.2) is 69.4 Å². The van der Waals surface area contributed by atoms with E-state index in [4.69, 9.17) is 4.42 Å². The second kappa shape index (κ2) is 7.01. The topological polar surface area (TPSA) is 85.3 Å². The third-order valence-electron chi connectivity index (χ3n) is 3.71. The number of rotatable bonds is 5. The Morgan fingerprint density at radius 3 is 2.85 bits per heavy atom. The number of carbonyl (C=O) groups is 1. The molecule has 0 aliphatic rings. The number of carbonyl (C=O) groups excluding carboxylic acids is 1. The van der Waals surface area contributed by atoms with Crippen LogP contribution in [0, 0.1) is 0 Å². The summed E-state index contributed by atoms with van der Waals surface area (Å²) >= 11 is 1.57. The lowest BCUT2D eigenvalue weighted by Gasteiger charge is -2.07. The molecule has 0 radical (unpaired) electrons. The van der Waals surface area contributed by atoms with E-state index in [-0.39, 0.29) is 11.7 Å². The number of nitrogens with zero attached hydrogens (tertiary/aromatic N) is 4. The highest BCUT2D eigenvalue weighted by atomic mass is 32.2. The number of nitrogens with one attached hydrogen (secondary N) is 1. The fourth-order valence-corrected chi connectivity index (χ4v) is 3.34. The molecule has 130 valence electrons. The number of hydrogen-bond acceptors (Lipinski definition) is 6. The monoisotopic (exact) mass is 365 g/mol. The van der Waals surface area contributed by atoms with E-state index >= 15 is 0 Å². The van der Waals surface area contributed by atoms with E-state index in [2.05, 4.69) is 27.3 Å². The first-order chi connectivity index (χ1) is 12.7. The average Bonchev–Trinajstić information content (AvgIpc) is 3.35. The Balaban J connectivity index is 1.53. The van der Waals surface area contributed by atoms with Crippen LogP contribution in [-0.4, -0.2) is 25.5 Å². The Kier molecular flexibility index (Phi) is 4.40. The lowest BCUT2D eigenvalue weighted by molar-refractivity contribution is 0.0996. The van der Waals surface area contributed by atoms with E-state index in [9.17, 15) is 4.79 Å². The summed E-state index contributed by atoms with van der Waals surface area (Å²) < 4.78 is 6.81. The summed E-state index contributed by atoms with van der Waals surface area (Å²) in [5, 5.41) is 7.97. The zero-order chi connectivity index (χ0) is 17.9. The van der Waals surface area contributed by atoms with Gasteiger partial charge in [0, 0.05) is 16.3 Å². The molecule has 1 N–H and O–H groups in total. The van der Waals surface area contributed by atoms with Crippen LogP contribution in [0.2, 0.25) is 0 Å². The Hall–Kier alpha value is -3.13. The summed E-state index contributed by atoms with van der Waals surface area (Å²) in [6.07, 6.45) is 3.80. The minimum Gasteiger partial charge on any atom is -0.459 e. The van der Waals surface area contributed by atoms with E-state index in [0.29, 0.717) is 11.5 Å². The van der Waals surface area contributed by atoms with Crippen molar-refractivity contribution in [2.75, 3.05) is 5.32 Å². The van der Waals surface area contributed by atoms with Crippen molar-refractivity contribution in [3.63, 3.8) is 0 Å². The maximum atomic E-state index is 12.0. The average molecular weight is 365 g/mol. The van der Waals surface area contributed by atoms with Gasteiger partial charge in [0.2, 0.25) is 0 Å². The first kappa shape index (κ1) is 16.3. The van der Waals surface area contributed by atoms with E-state index in [1.807, 2.05) is 30.3 Å². The number of fused-ring (bicyclic) bond motifs is 1. The van der Waals surface area contributed by atoms with Crippen molar-refractivity contribution in [2.45, 2.75) is 23.3 Å². The second-order valence-corrected chi connectivity index (χ2v) is 6.56. The van der Waals surface area contributed by atoms with Gasteiger partial charge in [-0.05, 0) is 48.9 Å². The van der Waals surface area contributed by atoms with Gasteiger partial charge in [-0.2, -0.15) is 14.6 Å². The van der Waals surface area contributed by atoms with Crippen LogP contribution in [0.3, 0.4) is 0 Å². The predicted octanol–water partition coefficient (Wildman–Crippen LogP) is 3.68. The molecule has 0 atom stereocenters. The maximum Gasteiger partial charge on any atom is 0.291 e. The van der Waals surface area contributed by atoms with Gasteiger partial charge in [0.1, 0.15) is 11.4 Å². The highest BCUT2D eigenvalue weighted by molar-refractivity contribution is 7.99. The lowest BCUT2D eigenvalue weighted by atomic mass is 10.3. The summed E-state index contributed by atoms with van der Waals surface area (Å²) in [7, 11) is 0. The Morgan fingerprint density at radius 1 is 1.27 bits per heavy atom.